The molecule has 5 heteroatoms. The number of benzene rings is 1. The first-order chi connectivity index (χ1) is 8.36. The van der Waals surface area contributed by atoms with Gasteiger partial charge in [0.1, 0.15) is 5.69 Å². The molecule has 84 valence electrons. The fraction of sp³-hybridized carbons (Fsp3) is 0. The molecular formula is C12H10N4O. The van der Waals surface area contributed by atoms with Crippen LogP contribution < -0.4 is 5.73 Å². The molecule has 2 heterocycles. The molecule has 0 bridgehead atoms. The Bertz CT molecular complexity index is 627. The maximum atomic E-state index is 5.78. The molecule has 0 saturated carbocycles. The molecule has 0 unspecified atom stereocenters. The number of H-pyrrole nitrogens is 1. The Kier molecular flexibility index (Phi) is 2.15. The fourth-order valence-electron chi connectivity index (χ4n) is 1.74. The summed E-state index contributed by atoms with van der Waals surface area (Å²) in [6, 6.07) is 9.86. The Hall–Kier alpha value is -2.56. The van der Waals surface area contributed by atoms with Crippen LogP contribution in [0.15, 0.2) is 47.2 Å². The molecule has 5 nitrogen and oxygen atoms in total. The normalized spacial score (nSPS) is 10.6. The predicted molar refractivity (Wildman–Crippen MR) is 63.9 cm³/mol. The molecule has 3 rings (SSSR count). The number of aromatic amines is 1. The maximum Gasteiger partial charge on any atom is 0.193 e. The zero-order valence-corrected chi connectivity index (χ0v) is 8.92. The lowest BCUT2D eigenvalue weighted by Crippen LogP contribution is -1.86. The third-order valence-corrected chi connectivity index (χ3v) is 2.54. The van der Waals surface area contributed by atoms with E-state index in [9.17, 15) is 0 Å². The van der Waals surface area contributed by atoms with Crippen LogP contribution in [0.1, 0.15) is 0 Å². The van der Waals surface area contributed by atoms with Crippen molar-refractivity contribution in [2.24, 2.45) is 0 Å². The fourth-order valence-corrected chi connectivity index (χ4v) is 1.74. The molecule has 0 spiro atoms. The Labute approximate surface area is 97.2 Å². The number of hydrogen-bond donors (Lipinski definition) is 2. The van der Waals surface area contributed by atoms with Crippen LogP contribution >= 0.6 is 0 Å². The largest absolute Gasteiger partial charge is 0.394 e. The summed E-state index contributed by atoms with van der Waals surface area (Å²) < 4.78 is 5.14. The van der Waals surface area contributed by atoms with E-state index in [0.29, 0.717) is 11.4 Å². The Morgan fingerprint density at radius 1 is 1.12 bits per heavy atom. The van der Waals surface area contributed by atoms with Gasteiger partial charge >= 0.3 is 0 Å². The highest BCUT2D eigenvalue weighted by Gasteiger charge is 2.15. The lowest BCUT2D eigenvalue weighted by Gasteiger charge is -2.00. The summed E-state index contributed by atoms with van der Waals surface area (Å²) in [5, 5.41) is 10.6. The molecule has 3 N–H and O–H groups in total. The molecule has 0 radical (unpaired) electrons. The third kappa shape index (κ3) is 1.57. The minimum absolute atomic E-state index is 0.503. The minimum Gasteiger partial charge on any atom is -0.394 e. The van der Waals surface area contributed by atoms with Crippen molar-refractivity contribution in [3.05, 3.63) is 42.7 Å². The molecule has 0 aliphatic heterocycles. The van der Waals surface area contributed by atoms with Gasteiger partial charge in [0, 0.05) is 5.56 Å². The summed E-state index contributed by atoms with van der Waals surface area (Å²) in [6.07, 6.45) is 3.16. The Morgan fingerprint density at radius 2 is 1.94 bits per heavy atom. The summed E-state index contributed by atoms with van der Waals surface area (Å²) in [5.74, 6) is 0.539. The number of rotatable bonds is 2. The van der Waals surface area contributed by atoms with Gasteiger partial charge in [0.05, 0.1) is 23.7 Å². The molecule has 0 saturated heterocycles. The standard InChI is InChI=1S/C12H10N4O/c13-10-7-15-17-12(10)9-6-14-16-11(9)8-4-2-1-3-5-8/h1-7H,13H2,(H,14,16). The highest BCUT2D eigenvalue weighted by atomic mass is 16.5. The van der Waals surface area contributed by atoms with Crippen LogP contribution in [0.5, 0.6) is 0 Å². The van der Waals surface area contributed by atoms with E-state index in [1.54, 1.807) is 6.20 Å². The lowest BCUT2D eigenvalue weighted by atomic mass is 10.1. The van der Waals surface area contributed by atoms with Crippen LogP contribution in [0, 0.1) is 0 Å². The number of nitrogen functional groups attached to an aromatic ring is 1. The number of nitrogens with two attached hydrogens (primary N) is 1. The summed E-state index contributed by atoms with van der Waals surface area (Å²) >= 11 is 0. The monoisotopic (exact) mass is 226 g/mol. The van der Waals surface area contributed by atoms with Crippen LogP contribution in [0.2, 0.25) is 0 Å². The van der Waals surface area contributed by atoms with E-state index in [1.165, 1.54) is 6.20 Å². The number of nitrogens with zero attached hydrogens (tertiary/aromatic N) is 2. The van der Waals surface area contributed by atoms with Crippen molar-refractivity contribution < 1.29 is 4.52 Å². The van der Waals surface area contributed by atoms with Crippen molar-refractivity contribution in [2.45, 2.75) is 0 Å². The molecule has 0 fully saturated rings. The topological polar surface area (TPSA) is 80.7 Å². The second-order valence-electron chi connectivity index (χ2n) is 3.63. The van der Waals surface area contributed by atoms with Gasteiger partial charge in [-0.05, 0) is 0 Å². The molecule has 3 aromatic rings. The number of nitrogens with one attached hydrogen (secondary N) is 1. The summed E-state index contributed by atoms with van der Waals surface area (Å²) in [5.41, 5.74) is 8.99. The molecule has 0 aliphatic carbocycles. The first-order valence-electron chi connectivity index (χ1n) is 5.15. The van der Waals surface area contributed by atoms with Gasteiger partial charge in [0.2, 0.25) is 0 Å². The summed E-state index contributed by atoms with van der Waals surface area (Å²) in [7, 11) is 0. The van der Waals surface area contributed by atoms with Gasteiger partial charge in [-0.1, -0.05) is 35.5 Å². The highest BCUT2D eigenvalue weighted by Crippen LogP contribution is 2.32. The average molecular weight is 226 g/mol. The smallest absolute Gasteiger partial charge is 0.193 e. The van der Waals surface area contributed by atoms with Crippen LogP contribution in [0.4, 0.5) is 5.69 Å². The van der Waals surface area contributed by atoms with Crippen molar-refractivity contribution in [3.8, 4) is 22.6 Å². The summed E-state index contributed by atoms with van der Waals surface area (Å²) in [4.78, 5) is 0. The van der Waals surface area contributed by atoms with Crippen LogP contribution in [-0.4, -0.2) is 15.4 Å². The quantitative estimate of drug-likeness (QED) is 0.702. The van der Waals surface area contributed by atoms with Gasteiger partial charge in [0.15, 0.2) is 5.76 Å². The van der Waals surface area contributed by atoms with Gasteiger partial charge in [-0.25, -0.2) is 0 Å². The van der Waals surface area contributed by atoms with Crippen LogP contribution in [-0.2, 0) is 0 Å². The molecular weight excluding hydrogens is 216 g/mol. The van der Waals surface area contributed by atoms with E-state index in [-0.39, 0.29) is 0 Å². The molecule has 0 atom stereocenters. The van der Waals surface area contributed by atoms with Crippen molar-refractivity contribution in [1.29, 1.82) is 0 Å². The van der Waals surface area contributed by atoms with Crippen molar-refractivity contribution >= 4 is 5.69 Å². The number of aromatic nitrogens is 3. The van der Waals surface area contributed by atoms with Crippen LogP contribution in [0.3, 0.4) is 0 Å². The lowest BCUT2D eigenvalue weighted by molar-refractivity contribution is 0.432. The van der Waals surface area contributed by atoms with Gasteiger partial charge in [-0.15, -0.1) is 0 Å². The SMILES string of the molecule is Nc1cnoc1-c1cn[nH]c1-c1ccccc1. The molecule has 0 aliphatic rings. The van der Waals surface area contributed by atoms with E-state index in [2.05, 4.69) is 15.4 Å². The second kappa shape index (κ2) is 3.79. The van der Waals surface area contributed by atoms with Crippen molar-refractivity contribution in [2.75, 3.05) is 5.73 Å². The third-order valence-electron chi connectivity index (χ3n) is 2.54. The highest BCUT2D eigenvalue weighted by molar-refractivity contribution is 5.82. The Balaban J connectivity index is 2.16. The van der Waals surface area contributed by atoms with E-state index in [1.807, 2.05) is 30.3 Å². The Morgan fingerprint density at radius 3 is 2.65 bits per heavy atom. The van der Waals surface area contributed by atoms with Crippen LogP contribution in [0.25, 0.3) is 22.6 Å². The molecule has 1 aromatic carbocycles. The van der Waals surface area contributed by atoms with E-state index in [0.717, 1.165) is 16.8 Å². The second-order valence-corrected chi connectivity index (χ2v) is 3.63. The first kappa shape index (κ1) is 9.65. The van der Waals surface area contributed by atoms with E-state index in [4.69, 9.17) is 10.3 Å². The maximum absolute atomic E-state index is 5.78. The van der Waals surface area contributed by atoms with Gasteiger partial charge in [0.25, 0.3) is 0 Å². The van der Waals surface area contributed by atoms with Crippen molar-refractivity contribution in [3.63, 3.8) is 0 Å². The zero-order chi connectivity index (χ0) is 11.7. The molecule has 2 aromatic heterocycles. The number of anilines is 1. The van der Waals surface area contributed by atoms with E-state index >= 15 is 0 Å². The van der Waals surface area contributed by atoms with E-state index < -0.39 is 0 Å². The predicted octanol–water partition coefficient (Wildman–Crippen LogP) is 2.31. The summed E-state index contributed by atoms with van der Waals surface area (Å²) in [6.45, 7) is 0. The minimum atomic E-state index is 0.503. The molecule has 0 amide bonds. The zero-order valence-electron chi connectivity index (χ0n) is 8.92. The van der Waals surface area contributed by atoms with Gasteiger partial charge in [-0.2, -0.15) is 5.10 Å². The van der Waals surface area contributed by atoms with Crippen molar-refractivity contribution in [1.82, 2.24) is 15.4 Å². The number of hydrogen-bond acceptors (Lipinski definition) is 4. The average Bonchev–Trinajstić information content (AvgIpc) is 2.98. The molecule has 17 heavy (non-hydrogen) atoms. The first-order valence-corrected chi connectivity index (χ1v) is 5.15. The van der Waals surface area contributed by atoms with Gasteiger partial charge < -0.3 is 10.3 Å². The van der Waals surface area contributed by atoms with Gasteiger partial charge in [-0.3, -0.25) is 5.10 Å².